The van der Waals surface area contributed by atoms with Crippen LogP contribution in [0.2, 0.25) is 0 Å². The van der Waals surface area contributed by atoms with Crippen molar-refractivity contribution in [2.45, 2.75) is 24.7 Å². The van der Waals surface area contributed by atoms with Gasteiger partial charge in [-0.15, -0.1) is 0 Å². The van der Waals surface area contributed by atoms with Crippen LogP contribution in [-0.2, 0) is 14.6 Å². The third-order valence-corrected chi connectivity index (χ3v) is 3.38. The Morgan fingerprint density at radius 2 is 1.82 bits per heavy atom. The molecule has 0 atom stereocenters. The van der Waals surface area contributed by atoms with E-state index >= 15 is 0 Å². The minimum atomic E-state index is -3.22. The molecule has 17 heavy (non-hydrogen) atoms. The van der Waals surface area contributed by atoms with Crippen molar-refractivity contribution < 1.29 is 17.9 Å². The quantitative estimate of drug-likeness (QED) is 0.597. The van der Waals surface area contributed by atoms with Gasteiger partial charge in [0, 0.05) is 6.26 Å². The smallest absolute Gasteiger partial charge is 0.338 e. The molecule has 0 aromatic heterocycles. The van der Waals surface area contributed by atoms with Crippen LogP contribution >= 0.6 is 0 Å². The van der Waals surface area contributed by atoms with E-state index in [1.807, 2.05) is 6.92 Å². The monoisotopic (exact) mass is 256 g/mol. The van der Waals surface area contributed by atoms with Crippen molar-refractivity contribution in [3.8, 4) is 0 Å². The minimum absolute atomic E-state index is 0.197. The van der Waals surface area contributed by atoms with Crippen LogP contribution in [0.15, 0.2) is 29.2 Å². The molecule has 0 aliphatic heterocycles. The highest BCUT2D eigenvalue weighted by molar-refractivity contribution is 7.90. The summed E-state index contributed by atoms with van der Waals surface area (Å²) in [6, 6.07) is 5.74. The Hall–Kier alpha value is -1.36. The molecule has 0 unspecified atom stereocenters. The molecule has 0 N–H and O–H groups in total. The summed E-state index contributed by atoms with van der Waals surface area (Å²) < 4.78 is 27.4. The number of benzene rings is 1. The standard InChI is InChI=1S/C12H16O4S/c1-3-4-9-16-12(13)10-5-7-11(8-6-10)17(2,14)15/h5-8H,3-4,9H2,1-2H3. The van der Waals surface area contributed by atoms with Crippen LogP contribution in [0.1, 0.15) is 30.1 Å². The minimum Gasteiger partial charge on any atom is -0.462 e. The van der Waals surface area contributed by atoms with Gasteiger partial charge in [0.05, 0.1) is 17.1 Å². The molecule has 5 heteroatoms. The molecule has 0 fully saturated rings. The summed E-state index contributed by atoms with van der Waals surface area (Å²) in [6.45, 7) is 2.40. The molecular weight excluding hydrogens is 240 g/mol. The fraction of sp³-hybridized carbons (Fsp3) is 0.417. The van der Waals surface area contributed by atoms with Crippen molar-refractivity contribution >= 4 is 15.8 Å². The third-order valence-electron chi connectivity index (χ3n) is 2.25. The number of hydrogen-bond donors (Lipinski definition) is 0. The lowest BCUT2D eigenvalue weighted by molar-refractivity contribution is 0.0499. The van der Waals surface area contributed by atoms with Gasteiger partial charge in [0.2, 0.25) is 0 Å². The lowest BCUT2D eigenvalue weighted by Gasteiger charge is -2.04. The molecule has 4 nitrogen and oxygen atoms in total. The molecule has 1 aromatic carbocycles. The van der Waals surface area contributed by atoms with Crippen LogP contribution in [0.3, 0.4) is 0 Å². The zero-order chi connectivity index (χ0) is 12.9. The van der Waals surface area contributed by atoms with Gasteiger partial charge in [-0.2, -0.15) is 0 Å². The van der Waals surface area contributed by atoms with Gasteiger partial charge in [0.1, 0.15) is 0 Å². The zero-order valence-corrected chi connectivity index (χ0v) is 10.8. The molecule has 0 spiro atoms. The van der Waals surface area contributed by atoms with Crippen LogP contribution in [-0.4, -0.2) is 27.2 Å². The Balaban J connectivity index is 2.71. The van der Waals surface area contributed by atoms with Crippen molar-refractivity contribution in [1.82, 2.24) is 0 Å². The first-order valence-corrected chi connectivity index (χ1v) is 7.31. The van der Waals surface area contributed by atoms with Crippen molar-refractivity contribution in [2.75, 3.05) is 12.9 Å². The Labute approximate surface area is 102 Å². The Bertz CT molecular complexity index is 474. The van der Waals surface area contributed by atoms with Gasteiger partial charge in [0.15, 0.2) is 9.84 Å². The first-order valence-electron chi connectivity index (χ1n) is 5.42. The van der Waals surface area contributed by atoms with Crippen molar-refractivity contribution in [1.29, 1.82) is 0 Å². The van der Waals surface area contributed by atoms with E-state index in [0.29, 0.717) is 12.2 Å². The normalized spacial score (nSPS) is 11.2. The summed E-state index contributed by atoms with van der Waals surface area (Å²) >= 11 is 0. The molecule has 0 saturated heterocycles. The number of carbonyl (C=O) groups excluding carboxylic acids is 1. The number of carbonyl (C=O) groups is 1. The van der Waals surface area contributed by atoms with E-state index in [0.717, 1.165) is 19.1 Å². The lowest BCUT2D eigenvalue weighted by atomic mass is 10.2. The SMILES string of the molecule is CCCCOC(=O)c1ccc(S(C)(=O)=O)cc1. The van der Waals surface area contributed by atoms with E-state index in [-0.39, 0.29) is 4.90 Å². The van der Waals surface area contributed by atoms with Gasteiger partial charge in [-0.05, 0) is 30.7 Å². The maximum Gasteiger partial charge on any atom is 0.338 e. The van der Waals surface area contributed by atoms with E-state index in [2.05, 4.69) is 0 Å². The highest BCUT2D eigenvalue weighted by atomic mass is 32.2. The van der Waals surface area contributed by atoms with Crippen molar-refractivity contribution in [3.05, 3.63) is 29.8 Å². The Morgan fingerprint density at radius 3 is 2.29 bits per heavy atom. The van der Waals surface area contributed by atoms with E-state index in [9.17, 15) is 13.2 Å². The average molecular weight is 256 g/mol. The molecule has 0 bridgehead atoms. The number of unbranched alkanes of at least 4 members (excludes halogenated alkanes) is 1. The molecule has 0 saturated carbocycles. The largest absolute Gasteiger partial charge is 0.462 e. The predicted octanol–water partition coefficient (Wildman–Crippen LogP) is 2.05. The highest BCUT2D eigenvalue weighted by Gasteiger charge is 2.10. The number of esters is 1. The van der Waals surface area contributed by atoms with Crippen LogP contribution in [0.4, 0.5) is 0 Å². The van der Waals surface area contributed by atoms with Gasteiger partial charge in [-0.3, -0.25) is 0 Å². The van der Waals surface area contributed by atoms with Crippen molar-refractivity contribution in [3.63, 3.8) is 0 Å². The molecule has 0 aliphatic rings. The number of sulfone groups is 1. The Morgan fingerprint density at radius 1 is 1.24 bits per heavy atom. The van der Waals surface area contributed by atoms with Gasteiger partial charge in [-0.1, -0.05) is 13.3 Å². The molecule has 94 valence electrons. The van der Waals surface area contributed by atoms with E-state index in [1.54, 1.807) is 0 Å². The van der Waals surface area contributed by atoms with Gasteiger partial charge >= 0.3 is 5.97 Å². The molecule has 0 radical (unpaired) electrons. The van der Waals surface area contributed by atoms with Gasteiger partial charge in [0.25, 0.3) is 0 Å². The fourth-order valence-electron chi connectivity index (χ4n) is 1.23. The molecule has 0 heterocycles. The maximum absolute atomic E-state index is 11.5. The lowest BCUT2D eigenvalue weighted by Crippen LogP contribution is -2.06. The number of hydrogen-bond acceptors (Lipinski definition) is 4. The van der Waals surface area contributed by atoms with Gasteiger partial charge < -0.3 is 4.74 Å². The highest BCUT2D eigenvalue weighted by Crippen LogP contribution is 2.11. The number of ether oxygens (including phenoxy) is 1. The topological polar surface area (TPSA) is 60.4 Å². The van der Waals surface area contributed by atoms with E-state index in [1.165, 1.54) is 24.3 Å². The molecule has 0 aliphatic carbocycles. The van der Waals surface area contributed by atoms with E-state index in [4.69, 9.17) is 4.74 Å². The molecular formula is C12H16O4S. The summed E-state index contributed by atoms with van der Waals surface area (Å²) in [5.41, 5.74) is 0.369. The molecule has 1 rings (SSSR count). The maximum atomic E-state index is 11.5. The third kappa shape index (κ3) is 4.19. The predicted molar refractivity (Wildman–Crippen MR) is 64.7 cm³/mol. The second kappa shape index (κ2) is 5.82. The van der Waals surface area contributed by atoms with Crippen LogP contribution in [0, 0.1) is 0 Å². The Kier molecular flexibility index (Phi) is 4.69. The second-order valence-corrected chi connectivity index (χ2v) is 5.80. The molecule has 0 amide bonds. The van der Waals surface area contributed by atoms with E-state index < -0.39 is 15.8 Å². The first kappa shape index (κ1) is 13.7. The van der Waals surface area contributed by atoms with Gasteiger partial charge in [-0.25, -0.2) is 13.2 Å². The summed E-state index contributed by atoms with van der Waals surface area (Å²) in [6.07, 6.45) is 2.91. The fourth-order valence-corrected chi connectivity index (χ4v) is 1.86. The summed E-state index contributed by atoms with van der Waals surface area (Å²) in [4.78, 5) is 11.7. The summed E-state index contributed by atoms with van der Waals surface area (Å²) in [5, 5.41) is 0. The van der Waals surface area contributed by atoms with Crippen LogP contribution in [0.5, 0.6) is 0 Å². The van der Waals surface area contributed by atoms with Crippen LogP contribution < -0.4 is 0 Å². The summed E-state index contributed by atoms with van der Waals surface area (Å²) in [7, 11) is -3.22. The first-order chi connectivity index (χ1) is 7.95. The van der Waals surface area contributed by atoms with Crippen LogP contribution in [0.25, 0.3) is 0 Å². The summed E-state index contributed by atoms with van der Waals surface area (Å²) in [5.74, 6) is -0.418. The zero-order valence-electron chi connectivity index (χ0n) is 9.97. The number of rotatable bonds is 5. The van der Waals surface area contributed by atoms with Crippen molar-refractivity contribution in [2.24, 2.45) is 0 Å². The second-order valence-electron chi connectivity index (χ2n) is 3.79. The molecule has 1 aromatic rings. The average Bonchev–Trinajstić information content (AvgIpc) is 2.28.